The van der Waals surface area contributed by atoms with Crippen LogP contribution in [0.25, 0.3) is 0 Å². The van der Waals surface area contributed by atoms with Crippen LogP contribution in [0.4, 0.5) is 20.6 Å². The average Bonchev–Trinajstić information content (AvgIpc) is 2.49. The van der Waals surface area contributed by atoms with Gasteiger partial charge in [-0.3, -0.25) is 10.1 Å². The minimum Gasteiger partial charge on any atom is -0.444 e. The highest BCUT2D eigenvalue weighted by atomic mass is 79.9. The molecule has 0 unspecified atom stereocenters. The number of benzene rings is 1. The van der Waals surface area contributed by atoms with Gasteiger partial charge in [-0.2, -0.15) is 0 Å². The number of carbonyl (C=O) groups is 1. The van der Waals surface area contributed by atoms with Crippen molar-refractivity contribution in [3.63, 3.8) is 0 Å². The Morgan fingerprint density at radius 2 is 2.16 bits per heavy atom. The van der Waals surface area contributed by atoms with E-state index >= 15 is 0 Å². The number of hydrogen-bond donors (Lipinski definition) is 1. The Kier molecular flexibility index (Phi) is 5.87. The van der Waals surface area contributed by atoms with Gasteiger partial charge in [0.25, 0.3) is 5.69 Å². The van der Waals surface area contributed by atoms with E-state index in [1.165, 1.54) is 6.07 Å². The molecule has 9 heteroatoms. The zero-order chi connectivity index (χ0) is 18.8. The van der Waals surface area contributed by atoms with E-state index in [0.717, 1.165) is 18.9 Å². The molecule has 1 aliphatic rings. The predicted octanol–water partition coefficient (Wildman–Crippen LogP) is 4.31. The van der Waals surface area contributed by atoms with E-state index in [1.807, 2.05) is 0 Å². The fraction of sp³-hybridized carbons (Fsp3) is 0.562. The molecular formula is C16H21BrFN3O4. The van der Waals surface area contributed by atoms with Crippen LogP contribution in [0.5, 0.6) is 0 Å². The number of carbonyl (C=O) groups excluding carboxylic acids is 1. The number of nitrogens with one attached hydrogen (secondary N) is 1. The van der Waals surface area contributed by atoms with Gasteiger partial charge in [-0.05, 0) is 55.6 Å². The van der Waals surface area contributed by atoms with Gasteiger partial charge in [-0.15, -0.1) is 0 Å². The Balaban J connectivity index is 2.12. The van der Waals surface area contributed by atoms with E-state index in [2.05, 4.69) is 21.2 Å². The normalized spacial score (nSPS) is 18.0. The predicted molar refractivity (Wildman–Crippen MR) is 95.2 cm³/mol. The van der Waals surface area contributed by atoms with Crippen molar-refractivity contribution in [2.24, 2.45) is 0 Å². The molecule has 0 spiro atoms. The number of anilines is 1. The first kappa shape index (κ1) is 19.4. The maximum absolute atomic E-state index is 13.6. The van der Waals surface area contributed by atoms with Crippen LogP contribution in [0, 0.1) is 15.9 Å². The molecule has 0 radical (unpaired) electrons. The summed E-state index contributed by atoms with van der Waals surface area (Å²) in [6.07, 6.45) is 1.08. The number of nitro groups is 1. The second-order valence-corrected chi connectivity index (χ2v) is 7.80. The van der Waals surface area contributed by atoms with Gasteiger partial charge in [-0.25, -0.2) is 9.18 Å². The molecule has 0 saturated carbocycles. The summed E-state index contributed by atoms with van der Waals surface area (Å²) >= 11 is 3.04. The zero-order valence-corrected chi connectivity index (χ0v) is 15.9. The molecule has 0 bridgehead atoms. The van der Waals surface area contributed by atoms with Crippen LogP contribution >= 0.6 is 15.9 Å². The van der Waals surface area contributed by atoms with Crippen LogP contribution in [-0.4, -0.2) is 40.6 Å². The van der Waals surface area contributed by atoms with Crippen LogP contribution in [0.1, 0.15) is 33.6 Å². The molecule has 1 N–H and O–H groups in total. The third-order valence-electron chi connectivity index (χ3n) is 3.67. The van der Waals surface area contributed by atoms with Gasteiger partial charge in [0.05, 0.1) is 15.5 Å². The third kappa shape index (κ3) is 5.29. The van der Waals surface area contributed by atoms with E-state index in [-0.39, 0.29) is 21.9 Å². The minimum atomic E-state index is -0.698. The lowest BCUT2D eigenvalue weighted by Gasteiger charge is -2.34. The van der Waals surface area contributed by atoms with Crippen molar-refractivity contribution in [1.82, 2.24) is 4.90 Å². The monoisotopic (exact) mass is 417 g/mol. The number of likely N-dealkylation sites (tertiary alicyclic amines) is 1. The first-order valence-electron chi connectivity index (χ1n) is 7.95. The average molecular weight is 418 g/mol. The summed E-state index contributed by atoms with van der Waals surface area (Å²) < 4.78 is 19.1. The van der Waals surface area contributed by atoms with E-state index < -0.39 is 22.4 Å². The lowest BCUT2D eigenvalue weighted by atomic mass is 10.1. The molecule has 7 nitrogen and oxygen atoms in total. The maximum Gasteiger partial charge on any atom is 0.410 e. The second-order valence-electron chi connectivity index (χ2n) is 6.95. The van der Waals surface area contributed by atoms with E-state index in [4.69, 9.17) is 4.74 Å². The molecule has 138 valence electrons. The Morgan fingerprint density at radius 1 is 1.48 bits per heavy atom. The number of hydrogen-bond acceptors (Lipinski definition) is 5. The van der Waals surface area contributed by atoms with E-state index in [1.54, 1.807) is 25.7 Å². The number of piperidine rings is 1. The highest BCUT2D eigenvalue weighted by Crippen LogP contribution is 2.32. The van der Waals surface area contributed by atoms with Crippen molar-refractivity contribution in [2.75, 3.05) is 18.4 Å². The number of nitrogens with zero attached hydrogens (tertiary/aromatic N) is 2. The Bertz CT molecular complexity index is 678. The molecular weight excluding hydrogens is 397 g/mol. The summed E-state index contributed by atoms with van der Waals surface area (Å²) in [5.41, 5.74) is -0.706. The second kappa shape index (κ2) is 7.55. The fourth-order valence-corrected chi connectivity index (χ4v) is 2.95. The molecule has 25 heavy (non-hydrogen) atoms. The van der Waals surface area contributed by atoms with E-state index in [0.29, 0.717) is 13.1 Å². The zero-order valence-electron chi connectivity index (χ0n) is 14.3. The molecule has 1 amide bonds. The van der Waals surface area contributed by atoms with Crippen LogP contribution in [0.2, 0.25) is 0 Å². The van der Waals surface area contributed by atoms with Crippen LogP contribution in [-0.2, 0) is 4.74 Å². The topological polar surface area (TPSA) is 84.7 Å². The van der Waals surface area contributed by atoms with Crippen LogP contribution in [0.3, 0.4) is 0 Å². The first-order valence-corrected chi connectivity index (χ1v) is 8.74. The molecule has 1 fully saturated rings. The lowest BCUT2D eigenvalue weighted by Crippen LogP contribution is -2.47. The molecule has 0 aromatic heterocycles. The first-order chi connectivity index (χ1) is 11.6. The molecule has 1 atom stereocenters. The molecule has 1 heterocycles. The highest BCUT2D eigenvalue weighted by molar-refractivity contribution is 9.10. The maximum atomic E-state index is 13.6. The van der Waals surface area contributed by atoms with Crippen LogP contribution in [0.15, 0.2) is 16.6 Å². The fourth-order valence-electron chi connectivity index (χ4n) is 2.61. The number of nitro benzene ring substituents is 1. The molecule has 1 aromatic rings. The van der Waals surface area contributed by atoms with Gasteiger partial charge in [0.15, 0.2) is 0 Å². The number of halogens is 2. The summed E-state index contributed by atoms with van der Waals surface area (Å²) in [4.78, 5) is 24.3. The van der Waals surface area contributed by atoms with E-state index in [9.17, 15) is 19.3 Å². The number of amides is 1. The molecule has 1 saturated heterocycles. The van der Waals surface area contributed by atoms with Gasteiger partial charge in [0.1, 0.15) is 17.1 Å². The Labute approximate surface area is 153 Å². The van der Waals surface area contributed by atoms with Crippen molar-refractivity contribution in [3.05, 3.63) is 32.5 Å². The lowest BCUT2D eigenvalue weighted by molar-refractivity contribution is -0.384. The third-order valence-corrected chi connectivity index (χ3v) is 4.28. The van der Waals surface area contributed by atoms with Crippen molar-refractivity contribution in [2.45, 2.75) is 45.3 Å². The highest BCUT2D eigenvalue weighted by Gasteiger charge is 2.29. The molecule has 1 aliphatic heterocycles. The number of rotatable bonds is 3. The van der Waals surface area contributed by atoms with Crippen molar-refractivity contribution in [1.29, 1.82) is 0 Å². The number of ether oxygens (including phenoxy) is 1. The quantitative estimate of drug-likeness (QED) is 0.584. The van der Waals surface area contributed by atoms with Crippen molar-refractivity contribution in [3.8, 4) is 0 Å². The molecule has 1 aromatic carbocycles. The summed E-state index contributed by atoms with van der Waals surface area (Å²) in [7, 11) is 0. The van der Waals surface area contributed by atoms with Gasteiger partial charge in [0, 0.05) is 19.1 Å². The molecule has 2 rings (SSSR count). The summed E-state index contributed by atoms with van der Waals surface area (Å²) in [6, 6.07) is 2.04. The SMILES string of the molecule is CC(C)(C)OC(=O)N1CCC[C@H](Nc2cc(Br)c(F)cc2[N+](=O)[O-])C1. The van der Waals surface area contributed by atoms with Crippen molar-refractivity contribution < 1.29 is 18.8 Å². The Morgan fingerprint density at radius 3 is 2.76 bits per heavy atom. The standard InChI is InChI=1S/C16H21BrFN3O4/c1-16(2,3)25-15(22)20-6-4-5-10(9-20)19-13-7-11(17)12(18)8-14(13)21(23)24/h7-8,10,19H,4-6,9H2,1-3H3/t10-/m0/s1. The van der Waals surface area contributed by atoms with Crippen LogP contribution < -0.4 is 5.32 Å². The van der Waals surface area contributed by atoms with Gasteiger partial charge >= 0.3 is 6.09 Å². The largest absolute Gasteiger partial charge is 0.444 e. The van der Waals surface area contributed by atoms with Gasteiger partial charge < -0.3 is 15.0 Å². The summed E-state index contributed by atoms with van der Waals surface area (Å²) in [5, 5.41) is 14.2. The smallest absolute Gasteiger partial charge is 0.410 e. The van der Waals surface area contributed by atoms with Crippen molar-refractivity contribution >= 4 is 33.4 Å². The summed E-state index contributed by atoms with van der Waals surface area (Å²) in [6.45, 7) is 6.32. The van der Waals surface area contributed by atoms with Gasteiger partial charge in [-0.1, -0.05) is 0 Å². The van der Waals surface area contributed by atoms with Gasteiger partial charge in [0.2, 0.25) is 0 Å². The Hall–Kier alpha value is -1.90. The minimum absolute atomic E-state index is 0.139. The summed E-state index contributed by atoms with van der Waals surface area (Å²) in [5.74, 6) is -0.698. The molecule has 0 aliphatic carbocycles.